The largest absolute Gasteiger partial charge is 0.497 e. The van der Waals surface area contributed by atoms with Gasteiger partial charge in [-0.25, -0.2) is 0 Å². The van der Waals surface area contributed by atoms with Crippen LogP contribution in [0.15, 0.2) is 48.5 Å². The quantitative estimate of drug-likeness (QED) is 0.499. The van der Waals surface area contributed by atoms with Crippen LogP contribution in [0.5, 0.6) is 11.5 Å². The maximum absolute atomic E-state index is 14.0. The number of aromatic nitrogens is 1. The van der Waals surface area contributed by atoms with Gasteiger partial charge in [0.25, 0.3) is 5.91 Å². The minimum Gasteiger partial charge on any atom is -0.497 e. The summed E-state index contributed by atoms with van der Waals surface area (Å²) in [6, 6.07) is 15.5. The number of rotatable bonds is 6. The van der Waals surface area contributed by atoms with Gasteiger partial charge >= 0.3 is 0 Å². The first-order valence-electron chi connectivity index (χ1n) is 12.9. The number of nitrogens with zero attached hydrogens (tertiary/aromatic N) is 2. The average Bonchev–Trinajstić information content (AvgIpc) is 3.05. The van der Waals surface area contributed by atoms with Gasteiger partial charge in [-0.05, 0) is 55.7 Å². The van der Waals surface area contributed by atoms with Crippen molar-refractivity contribution in [2.24, 2.45) is 0 Å². The van der Waals surface area contributed by atoms with Crippen molar-refractivity contribution in [2.45, 2.75) is 70.1 Å². The van der Waals surface area contributed by atoms with Gasteiger partial charge in [-0.2, -0.15) is 0 Å². The fourth-order valence-electron chi connectivity index (χ4n) is 5.58. The van der Waals surface area contributed by atoms with Crippen molar-refractivity contribution < 1.29 is 19.1 Å². The van der Waals surface area contributed by atoms with E-state index >= 15 is 0 Å². The summed E-state index contributed by atoms with van der Waals surface area (Å²) in [5.41, 5.74) is 1.39. The topological polar surface area (TPSA) is 72.8 Å². The predicted molar refractivity (Wildman–Crippen MR) is 139 cm³/mol. The first-order valence-corrected chi connectivity index (χ1v) is 12.9. The molecule has 7 nitrogen and oxygen atoms in total. The van der Waals surface area contributed by atoms with E-state index in [9.17, 15) is 9.59 Å². The second-order valence-electron chi connectivity index (χ2n) is 10.2. The van der Waals surface area contributed by atoms with Crippen molar-refractivity contribution in [1.82, 2.24) is 14.8 Å². The van der Waals surface area contributed by atoms with Crippen molar-refractivity contribution in [3.8, 4) is 11.5 Å². The number of benzene rings is 2. The third kappa shape index (κ3) is 4.43. The molecule has 0 unspecified atom stereocenters. The molecule has 1 saturated carbocycles. The second-order valence-corrected chi connectivity index (χ2v) is 10.2. The molecule has 5 rings (SSSR count). The predicted octanol–water partition coefficient (Wildman–Crippen LogP) is 4.91. The number of hydrogen-bond acceptors (Lipinski definition) is 4. The molecule has 2 heterocycles. The first kappa shape index (κ1) is 24.2. The highest BCUT2D eigenvalue weighted by Gasteiger charge is 2.48. The van der Waals surface area contributed by atoms with Gasteiger partial charge in [0.15, 0.2) is 0 Å². The summed E-state index contributed by atoms with van der Waals surface area (Å²) in [7, 11) is 3.26. The van der Waals surface area contributed by atoms with Gasteiger partial charge in [0.2, 0.25) is 5.91 Å². The van der Waals surface area contributed by atoms with E-state index in [2.05, 4.69) is 5.32 Å². The molecule has 1 N–H and O–H groups in total. The summed E-state index contributed by atoms with van der Waals surface area (Å²) in [6.45, 7) is 2.61. The Morgan fingerprint density at radius 2 is 1.64 bits per heavy atom. The monoisotopic (exact) mass is 489 g/mol. The number of amides is 2. The molecule has 3 aromatic rings. The number of nitrogens with one attached hydrogen (secondary N) is 1. The van der Waals surface area contributed by atoms with E-state index in [1.54, 1.807) is 19.1 Å². The van der Waals surface area contributed by atoms with Crippen molar-refractivity contribution in [2.75, 3.05) is 14.2 Å². The summed E-state index contributed by atoms with van der Waals surface area (Å²) in [6.07, 6.45) is 6.66. The van der Waals surface area contributed by atoms with Crippen molar-refractivity contribution in [3.63, 3.8) is 0 Å². The second kappa shape index (κ2) is 9.88. The van der Waals surface area contributed by atoms with E-state index in [1.807, 2.05) is 60.0 Å². The molecule has 2 aliphatic rings. The number of ether oxygens (including phenoxy) is 2. The van der Waals surface area contributed by atoms with Crippen LogP contribution in [-0.4, -0.2) is 47.1 Å². The van der Waals surface area contributed by atoms with Crippen molar-refractivity contribution in [3.05, 3.63) is 59.8 Å². The first-order chi connectivity index (χ1) is 17.4. The number of hydrogen-bond donors (Lipinski definition) is 1. The van der Waals surface area contributed by atoms with Gasteiger partial charge in [0.05, 0.1) is 26.3 Å². The zero-order chi connectivity index (χ0) is 25.3. The SMILES string of the molecule is COc1ccc(CN2C(=O)c3cc4ccc(OC)cc4n3C[C@@]2(C)C(=O)NC2CCCCCC2)cc1. The van der Waals surface area contributed by atoms with Crippen LogP contribution in [0.4, 0.5) is 0 Å². The van der Waals surface area contributed by atoms with Crippen molar-refractivity contribution in [1.29, 1.82) is 0 Å². The molecule has 0 saturated heterocycles. The van der Waals surface area contributed by atoms with Crippen molar-refractivity contribution >= 4 is 22.7 Å². The summed E-state index contributed by atoms with van der Waals surface area (Å²) in [4.78, 5) is 29.7. The Morgan fingerprint density at radius 3 is 2.31 bits per heavy atom. The Bertz CT molecular complexity index is 1260. The standard InChI is InChI=1S/C29H35N3O4/c1-29(28(34)30-22-8-6-4-5-7-9-22)19-31-25-17-24(36-3)15-12-21(25)16-26(31)27(33)32(29)18-20-10-13-23(35-2)14-11-20/h10-17,22H,4-9,18-19H2,1-3H3,(H,30,34)/t29-/m0/s1. The smallest absolute Gasteiger partial charge is 0.271 e. The maximum Gasteiger partial charge on any atom is 0.271 e. The average molecular weight is 490 g/mol. The lowest BCUT2D eigenvalue weighted by Gasteiger charge is -2.44. The lowest BCUT2D eigenvalue weighted by Crippen LogP contribution is -2.64. The summed E-state index contributed by atoms with van der Waals surface area (Å²) in [5.74, 6) is 1.24. The van der Waals surface area contributed by atoms with Crippen LogP contribution in [-0.2, 0) is 17.9 Å². The molecular formula is C29H35N3O4. The summed E-state index contributed by atoms with van der Waals surface area (Å²) < 4.78 is 12.7. The number of carbonyl (C=O) groups is 2. The van der Waals surface area contributed by atoms with Crippen LogP contribution in [0.1, 0.15) is 61.5 Å². The number of methoxy groups -OCH3 is 2. The van der Waals surface area contributed by atoms with E-state index in [-0.39, 0.29) is 17.9 Å². The third-order valence-electron chi connectivity index (χ3n) is 7.82. The molecule has 0 radical (unpaired) electrons. The Balaban J connectivity index is 1.54. The molecule has 2 aromatic carbocycles. The highest BCUT2D eigenvalue weighted by molar-refractivity contribution is 6.03. The van der Waals surface area contributed by atoms with Crippen LogP contribution in [0.3, 0.4) is 0 Å². The highest BCUT2D eigenvalue weighted by Crippen LogP contribution is 2.35. The molecule has 2 amide bonds. The van der Waals surface area contributed by atoms with E-state index < -0.39 is 5.54 Å². The van der Waals surface area contributed by atoms with E-state index in [0.717, 1.165) is 53.6 Å². The summed E-state index contributed by atoms with van der Waals surface area (Å²) in [5, 5.41) is 4.28. The Morgan fingerprint density at radius 1 is 0.972 bits per heavy atom. The van der Waals surface area contributed by atoms with Gasteiger partial charge in [0.1, 0.15) is 22.7 Å². The van der Waals surface area contributed by atoms with Crippen LogP contribution >= 0.6 is 0 Å². The summed E-state index contributed by atoms with van der Waals surface area (Å²) >= 11 is 0. The highest BCUT2D eigenvalue weighted by atomic mass is 16.5. The Kier molecular flexibility index (Phi) is 6.65. The minimum absolute atomic E-state index is 0.0911. The number of fused-ring (bicyclic) bond motifs is 3. The molecular weight excluding hydrogens is 454 g/mol. The van der Waals surface area contributed by atoms with Gasteiger partial charge in [-0.1, -0.05) is 37.8 Å². The fourth-order valence-corrected chi connectivity index (χ4v) is 5.58. The zero-order valence-corrected chi connectivity index (χ0v) is 21.4. The van der Waals surface area contributed by atoms with Crippen LogP contribution in [0.2, 0.25) is 0 Å². The molecule has 0 bridgehead atoms. The normalized spacial score (nSPS) is 20.6. The Hall–Kier alpha value is -3.48. The molecule has 36 heavy (non-hydrogen) atoms. The minimum atomic E-state index is -1.05. The zero-order valence-electron chi connectivity index (χ0n) is 21.4. The molecule has 7 heteroatoms. The molecule has 190 valence electrons. The molecule has 1 aliphatic carbocycles. The van der Waals surface area contributed by atoms with E-state index in [1.165, 1.54) is 12.8 Å². The third-order valence-corrected chi connectivity index (χ3v) is 7.82. The lowest BCUT2D eigenvalue weighted by molar-refractivity contribution is -0.134. The lowest BCUT2D eigenvalue weighted by atomic mass is 9.93. The van der Waals surface area contributed by atoms with Crippen LogP contribution in [0.25, 0.3) is 10.9 Å². The Labute approximate surface area is 212 Å². The van der Waals surface area contributed by atoms with Gasteiger partial charge in [-0.3, -0.25) is 9.59 Å². The van der Waals surface area contributed by atoms with Gasteiger partial charge in [-0.15, -0.1) is 0 Å². The van der Waals surface area contributed by atoms with Crippen LogP contribution in [0, 0.1) is 0 Å². The molecule has 1 aliphatic heterocycles. The molecule has 1 atom stereocenters. The molecule has 0 spiro atoms. The van der Waals surface area contributed by atoms with Gasteiger partial charge < -0.3 is 24.3 Å². The van der Waals surface area contributed by atoms with E-state index in [0.29, 0.717) is 18.8 Å². The van der Waals surface area contributed by atoms with E-state index in [4.69, 9.17) is 9.47 Å². The van der Waals surface area contributed by atoms with Gasteiger partial charge in [0, 0.05) is 24.0 Å². The fraction of sp³-hybridized carbons (Fsp3) is 0.448. The molecule has 1 aromatic heterocycles. The number of carbonyl (C=O) groups excluding carboxylic acids is 2. The molecule has 1 fully saturated rings. The van der Waals surface area contributed by atoms with Crippen LogP contribution < -0.4 is 14.8 Å². The maximum atomic E-state index is 14.0.